The van der Waals surface area contributed by atoms with Crippen molar-refractivity contribution in [1.82, 2.24) is 10.2 Å². The Balaban J connectivity index is 2.46. The van der Waals surface area contributed by atoms with E-state index in [2.05, 4.69) is 50.3 Å². The van der Waals surface area contributed by atoms with Gasteiger partial charge in [0.15, 0.2) is 0 Å². The third kappa shape index (κ3) is 8.45. The van der Waals surface area contributed by atoms with E-state index in [1.807, 2.05) is 12.1 Å². The van der Waals surface area contributed by atoms with Crippen LogP contribution in [0.25, 0.3) is 0 Å². The van der Waals surface area contributed by atoms with Crippen LogP contribution < -0.4 is 5.32 Å². The normalized spacial score (nSPS) is 13.1. The Morgan fingerprint density at radius 3 is 2.24 bits per heavy atom. The summed E-state index contributed by atoms with van der Waals surface area (Å²) >= 11 is 6.00. The van der Waals surface area contributed by atoms with Gasteiger partial charge in [0.1, 0.15) is 0 Å². The molecule has 0 aliphatic carbocycles. The molecule has 0 heterocycles. The zero-order valence-corrected chi connectivity index (χ0v) is 14.8. The van der Waals surface area contributed by atoms with Crippen LogP contribution in [0.1, 0.15) is 44.6 Å². The Morgan fingerprint density at radius 1 is 1.00 bits per heavy atom. The molecule has 0 radical (unpaired) electrons. The van der Waals surface area contributed by atoms with Gasteiger partial charge in [-0.05, 0) is 63.0 Å². The van der Waals surface area contributed by atoms with Gasteiger partial charge in [-0.3, -0.25) is 0 Å². The topological polar surface area (TPSA) is 15.3 Å². The molecule has 0 amide bonds. The quantitative estimate of drug-likeness (QED) is 0.644. The van der Waals surface area contributed by atoms with Crippen LogP contribution in [0.4, 0.5) is 0 Å². The molecule has 1 N–H and O–H groups in total. The van der Waals surface area contributed by atoms with Crippen molar-refractivity contribution in [3.05, 3.63) is 34.9 Å². The van der Waals surface area contributed by atoms with Crippen LogP contribution in [0.5, 0.6) is 0 Å². The molecule has 0 saturated carbocycles. The minimum Gasteiger partial charge on any atom is -0.315 e. The minimum absolute atomic E-state index is 0.636. The molecular formula is C18H31ClN2. The van der Waals surface area contributed by atoms with E-state index in [0.29, 0.717) is 5.92 Å². The molecule has 0 aromatic heterocycles. The highest BCUT2D eigenvalue weighted by Gasteiger charge is 2.12. The number of hydrogen-bond donors (Lipinski definition) is 1. The summed E-state index contributed by atoms with van der Waals surface area (Å²) in [5, 5.41) is 4.37. The van der Waals surface area contributed by atoms with E-state index in [9.17, 15) is 0 Å². The predicted octanol–water partition coefficient (Wildman–Crippen LogP) is 4.40. The summed E-state index contributed by atoms with van der Waals surface area (Å²) in [7, 11) is 4.22. The Hall–Kier alpha value is -0.570. The third-order valence-electron chi connectivity index (χ3n) is 3.84. The Morgan fingerprint density at radius 2 is 1.67 bits per heavy atom. The first kappa shape index (κ1) is 18.5. The number of rotatable bonds is 10. The smallest absolute Gasteiger partial charge is 0.0406 e. The first-order valence-corrected chi connectivity index (χ1v) is 8.47. The zero-order valence-electron chi connectivity index (χ0n) is 14.0. The first-order valence-electron chi connectivity index (χ1n) is 8.10. The third-order valence-corrected chi connectivity index (χ3v) is 4.09. The van der Waals surface area contributed by atoms with Gasteiger partial charge < -0.3 is 10.2 Å². The van der Waals surface area contributed by atoms with Crippen LogP contribution in [-0.2, 0) is 0 Å². The van der Waals surface area contributed by atoms with Crippen molar-refractivity contribution < 1.29 is 0 Å². The second-order valence-electron chi connectivity index (χ2n) is 6.56. The summed E-state index contributed by atoms with van der Waals surface area (Å²) in [4.78, 5) is 2.21. The molecule has 0 saturated heterocycles. The highest BCUT2D eigenvalue weighted by molar-refractivity contribution is 6.30. The second kappa shape index (κ2) is 10.2. The lowest BCUT2D eigenvalue weighted by Crippen LogP contribution is -2.27. The zero-order chi connectivity index (χ0) is 15.7. The van der Waals surface area contributed by atoms with E-state index in [0.717, 1.165) is 30.6 Å². The van der Waals surface area contributed by atoms with Gasteiger partial charge in [-0.15, -0.1) is 0 Å². The Bertz CT molecular complexity index is 373. The number of benzene rings is 1. The van der Waals surface area contributed by atoms with E-state index in [1.165, 1.54) is 24.8 Å². The molecule has 0 spiro atoms. The van der Waals surface area contributed by atoms with Crippen molar-refractivity contribution in [2.24, 2.45) is 5.92 Å². The average molecular weight is 311 g/mol. The summed E-state index contributed by atoms with van der Waals surface area (Å²) in [5.41, 5.74) is 1.43. The van der Waals surface area contributed by atoms with Crippen molar-refractivity contribution in [3.8, 4) is 0 Å². The molecule has 1 rings (SSSR count). The molecule has 120 valence electrons. The lowest BCUT2D eigenvalue weighted by Gasteiger charge is -2.19. The van der Waals surface area contributed by atoms with Crippen molar-refractivity contribution in [2.75, 3.05) is 33.7 Å². The van der Waals surface area contributed by atoms with Crippen LogP contribution in [0.2, 0.25) is 5.02 Å². The highest BCUT2D eigenvalue weighted by Crippen LogP contribution is 2.27. The van der Waals surface area contributed by atoms with Crippen molar-refractivity contribution >= 4 is 11.6 Å². The van der Waals surface area contributed by atoms with Crippen molar-refractivity contribution in [1.29, 1.82) is 0 Å². The summed E-state index contributed by atoms with van der Waals surface area (Å²) in [5.74, 6) is 1.40. The molecule has 1 aromatic rings. The van der Waals surface area contributed by atoms with Crippen molar-refractivity contribution in [3.63, 3.8) is 0 Å². The van der Waals surface area contributed by atoms with Crippen LogP contribution in [0.3, 0.4) is 0 Å². The maximum absolute atomic E-state index is 6.00. The van der Waals surface area contributed by atoms with E-state index < -0.39 is 0 Å². The van der Waals surface area contributed by atoms with Crippen molar-refractivity contribution in [2.45, 2.75) is 39.0 Å². The maximum atomic E-state index is 6.00. The number of nitrogens with one attached hydrogen (secondary N) is 1. The fraction of sp³-hybridized carbons (Fsp3) is 0.667. The molecule has 0 aliphatic rings. The molecule has 21 heavy (non-hydrogen) atoms. The van der Waals surface area contributed by atoms with Gasteiger partial charge in [0, 0.05) is 18.1 Å². The highest BCUT2D eigenvalue weighted by atomic mass is 35.5. The van der Waals surface area contributed by atoms with Gasteiger partial charge in [-0.25, -0.2) is 0 Å². The molecule has 0 fully saturated rings. The van der Waals surface area contributed by atoms with Gasteiger partial charge in [-0.1, -0.05) is 44.0 Å². The largest absolute Gasteiger partial charge is 0.315 e. The summed E-state index contributed by atoms with van der Waals surface area (Å²) in [6, 6.07) is 8.40. The van der Waals surface area contributed by atoms with Crippen LogP contribution in [0, 0.1) is 5.92 Å². The maximum Gasteiger partial charge on any atom is 0.0406 e. The summed E-state index contributed by atoms with van der Waals surface area (Å²) in [6.45, 7) is 7.84. The number of hydrogen-bond acceptors (Lipinski definition) is 2. The summed E-state index contributed by atoms with van der Waals surface area (Å²) in [6.07, 6.45) is 3.74. The molecule has 0 aliphatic heterocycles. The van der Waals surface area contributed by atoms with E-state index in [-0.39, 0.29) is 0 Å². The van der Waals surface area contributed by atoms with Crippen LogP contribution in [-0.4, -0.2) is 38.6 Å². The first-order chi connectivity index (χ1) is 9.99. The molecule has 2 nitrogen and oxygen atoms in total. The molecule has 0 bridgehead atoms. The Kier molecular flexibility index (Phi) is 8.98. The van der Waals surface area contributed by atoms with E-state index in [1.54, 1.807) is 0 Å². The van der Waals surface area contributed by atoms with E-state index >= 15 is 0 Å². The predicted molar refractivity (Wildman–Crippen MR) is 94.3 cm³/mol. The standard InChI is InChI=1S/C18H31ClN2/c1-15(2)5-6-17(11-12-20-13-14-21(3)4)16-7-9-18(19)10-8-16/h7-10,15,17,20H,5-6,11-14H2,1-4H3/t17-/m0/s1. The number of likely N-dealkylation sites (N-methyl/N-ethyl adjacent to an activating group) is 1. The molecule has 0 unspecified atom stereocenters. The van der Waals surface area contributed by atoms with Gasteiger partial charge in [-0.2, -0.15) is 0 Å². The van der Waals surface area contributed by atoms with Gasteiger partial charge >= 0.3 is 0 Å². The lowest BCUT2D eigenvalue weighted by atomic mass is 9.89. The fourth-order valence-corrected chi connectivity index (χ4v) is 2.58. The lowest BCUT2D eigenvalue weighted by molar-refractivity contribution is 0.394. The molecule has 1 aromatic carbocycles. The average Bonchev–Trinajstić information content (AvgIpc) is 2.42. The fourth-order valence-electron chi connectivity index (χ4n) is 2.45. The van der Waals surface area contributed by atoms with Crippen LogP contribution >= 0.6 is 11.6 Å². The molecular weight excluding hydrogens is 280 g/mol. The van der Waals surface area contributed by atoms with Gasteiger partial charge in [0.05, 0.1) is 0 Å². The molecule has 1 atom stereocenters. The van der Waals surface area contributed by atoms with Gasteiger partial charge in [0.25, 0.3) is 0 Å². The number of halogens is 1. The monoisotopic (exact) mass is 310 g/mol. The van der Waals surface area contributed by atoms with Crippen LogP contribution in [0.15, 0.2) is 24.3 Å². The second-order valence-corrected chi connectivity index (χ2v) is 7.00. The minimum atomic E-state index is 0.636. The SMILES string of the molecule is CC(C)CC[C@@H](CCNCCN(C)C)c1ccc(Cl)cc1. The van der Waals surface area contributed by atoms with E-state index in [4.69, 9.17) is 11.6 Å². The summed E-state index contributed by atoms with van der Waals surface area (Å²) < 4.78 is 0. The Labute approximate surface area is 135 Å². The number of nitrogens with zero attached hydrogens (tertiary/aromatic N) is 1. The molecule has 3 heteroatoms. The van der Waals surface area contributed by atoms with Gasteiger partial charge in [0.2, 0.25) is 0 Å².